The predicted molar refractivity (Wildman–Crippen MR) is 68.5 cm³/mol. The Labute approximate surface area is 100 Å². The fourth-order valence-electron chi connectivity index (χ4n) is 2.70. The Morgan fingerprint density at radius 2 is 2.00 bits per heavy atom. The van der Waals surface area contributed by atoms with Crippen molar-refractivity contribution >= 4 is 0 Å². The largest absolute Gasteiger partial charge is 0.383 e. The maximum atomic E-state index is 6.00. The Balaban J connectivity index is 2.40. The van der Waals surface area contributed by atoms with Gasteiger partial charge in [0.05, 0.1) is 6.61 Å². The third-order valence-corrected chi connectivity index (χ3v) is 4.05. The lowest BCUT2D eigenvalue weighted by Gasteiger charge is -2.41. The number of hydrogen-bond donors (Lipinski definition) is 1. The lowest BCUT2D eigenvalue weighted by atomic mass is 9.70. The average molecular weight is 228 g/mol. The lowest BCUT2D eigenvalue weighted by Crippen LogP contribution is -2.44. The van der Waals surface area contributed by atoms with Gasteiger partial charge in [-0.2, -0.15) is 0 Å². The van der Waals surface area contributed by atoms with Crippen LogP contribution in [0.4, 0.5) is 0 Å². The van der Waals surface area contributed by atoms with Crippen LogP contribution in [0, 0.1) is 11.3 Å². The minimum Gasteiger partial charge on any atom is -0.383 e. The average Bonchev–Trinajstić information content (AvgIpc) is 2.30. The van der Waals surface area contributed by atoms with E-state index in [-0.39, 0.29) is 0 Å². The molecule has 3 heteroatoms. The van der Waals surface area contributed by atoms with E-state index in [0.29, 0.717) is 5.41 Å². The summed E-state index contributed by atoms with van der Waals surface area (Å²) in [5.74, 6) is 0.893. The summed E-state index contributed by atoms with van der Waals surface area (Å²) < 4.78 is 5.11. The normalized spacial score (nSPS) is 30.9. The standard InChI is InChI=1S/C13H28N2O/c1-12-4-6-13(10-14,7-5-12)11-15(2)8-9-16-3/h12H,4-11,14H2,1-3H3. The molecular formula is C13H28N2O. The van der Waals surface area contributed by atoms with Crippen molar-refractivity contribution in [3.05, 3.63) is 0 Å². The van der Waals surface area contributed by atoms with Crippen molar-refractivity contribution < 1.29 is 4.74 Å². The number of likely N-dealkylation sites (N-methyl/N-ethyl adjacent to an activating group) is 1. The number of nitrogens with zero attached hydrogens (tertiary/aromatic N) is 1. The van der Waals surface area contributed by atoms with E-state index >= 15 is 0 Å². The van der Waals surface area contributed by atoms with E-state index < -0.39 is 0 Å². The van der Waals surface area contributed by atoms with Crippen molar-refractivity contribution in [3.8, 4) is 0 Å². The molecule has 0 radical (unpaired) electrons. The molecule has 0 bridgehead atoms. The smallest absolute Gasteiger partial charge is 0.0589 e. The summed E-state index contributed by atoms with van der Waals surface area (Å²) >= 11 is 0. The SMILES string of the molecule is COCCN(C)CC1(CN)CCC(C)CC1. The summed E-state index contributed by atoms with van der Waals surface area (Å²) in [6, 6.07) is 0. The van der Waals surface area contributed by atoms with Gasteiger partial charge in [-0.1, -0.05) is 19.8 Å². The molecule has 0 heterocycles. The van der Waals surface area contributed by atoms with Crippen molar-refractivity contribution in [1.82, 2.24) is 4.90 Å². The maximum Gasteiger partial charge on any atom is 0.0589 e. The highest BCUT2D eigenvalue weighted by Gasteiger charge is 2.33. The molecule has 96 valence electrons. The van der Waals surface area contributed by atoms with E-state index in [1.165, 1.54) is 25.7 Å². The molecule has 0 amide bonds. The monoisotopic (exact) mass is 228 g/mol. The van der Waals surface area contributed by atoms with Gasteiger partial charge in [-0.15, -0.1) is 0 Å². The number of rotatable bonds is 6. The molecule has 0 saturated heterocycles. The van der Waals surface area contributed by atoms with E-state index in [1.54, 1.807) is 7.11 Å². The molecule has 0 aromatic heterocycles. The number of hydrogen-bond acceptors (Lipinski definition) is 3. The highest BCUT2D eigenvalue weighted by Crippen LogP contribution is 2.38. The second-order valence-electron chi connectivity index (χ2n) is 5.62. The van der Waals surface area contributed by atoms with Crippen LogP contribution < -0.4 is 5.73 Å². The maximum absolute atomic E-state index is 6.00. The van der Waals surface area contributed by atoms with Crippen LogP contribution in [0.25, 0.3) is 0 Å². The van der Waals surface area contributed by atoms with E-state index in [2.05, 4.69) is 18.9 Å². The molecule has 0 unspecified atom stereocenters. The molecule has 1 aliphatic carbocycles. The first-order chi connectivity index (χ1) is 7.62. The minimum atomic E-state index is 0.370. The highest BCUT2D eigenvalue weighted by molar-refractivity contribution is 4.87. The van der Waals surface area contributed by atoms with E-state index in [4.69, 9.17) is 10.5 Å². The van der Waals surface area contributed by atoms with Gasteiger partial charge >= 0.3 is 0 Å². The first-order valence-corrected chi connectivity index (χ1v) is 6.49. The summed E-state index contributed by atoms with van der Waals surface area (Å²) in [5, 5.41) is 0. The summed E-state index contributed by atoms with van der Waals surface area (Å²) in [5.41, 5.74) is 6.37. The summed E-state index contributed by atoms with van der Waals surface area (Å²) in [7, 11) is 3.93. The lowest BCUT2D eigenvalue weighted by molar-refractivity contribution is 0.0886. The zero-order chi connectivity index (χ0) is 12.0. The molecule has 0 aromatic carbocycles. The Hall–Kier alpha value is -0.120. The first kappa shape index (κ1) is 13.9. The first-order valence-electron chi connectivity index (χ1n) is 6.49. The van der Waals surface area contributed by atoms with Crippen molar-refractivity contribution in [1.29, 1.82) is 0 Å². The number of nitrogens with two attached hydrogens (primary N) is 1. The van der Waals surface area contributed by atoms with Crippen LogP contribution in [0.2, 0.25) is 0 Å². The molecule has 1 rings (SSSR count). The molecule has 1 fully saturated rings. The van der Waals surface area contributed by atoms with Crippen LogP contribution in [0.5, 0.6) is 0 Å². The van der Waals surface area contributed by atoms with E-state index in [0.717, 1.165) is 32.2 Å². The van der Waals surface area contributed by atoms with Gasteiger partial charge in [0, 0.05) is 20.2 Å². The van der Waals surface area contributed by atoms with Crippen LogP contribution in [-0.4, -0.2) is 45.3 Å². The van der Waals surface area contributed by atoms with Gasteiger partial charge < -0.3 is 15.4 Å². The predicted octanol–water partition coefficient (Wildman–Crippen LogP) is 1.72. The van der Waals surface area contributed by atoms with Gasteiger partial charge in [0.15, 0.2) is 0 Å². The summed E-state index contributed by atoms with van der Waals surface area (Å²) in [6.07, 6.45) is 5.27. The summed E-state index contributed by atoms with van der Waals surface area (Å²) in [6.45, 7) is 6.13. The Morgan fingerprint density at radius 3 is 2.50 bits per heavy atom. The third-order valence-electron chi connectivity index (χ3n) is 4.05. The van der Waals surface area contributed by atoms with Gasteiger partial charge in [-0.25, -0.2) is 0 Å². The van der Waals surface area contributed by atoms with Gasteiger partial charge in [0.25, 0.3) is 0 Å². The zero-order valence-electron chi connectivity index (χ0n) is 11.2. The molecule has 0 spiro atoms. The minimum absolute atomic E-state index is 0.370. The van der Waals surface area contributed by atoms with Crippen molar-refractivity contribution in [2.24, 2.45) is 17.1 Å². The second kappa shape index (κ2) is 6.58. The molecule has 16 heavy (non-hydrogen) atoms. The van der Waals surface area contributed by atoms with Gasteiger partial charge in [-0.05, 0) is 37.8 Å². The van der Waals surface area contributed by atoms with Crippen molar-refractivity contribution in [3.63, 3.8) is 0 Å². The van der Waals surface area contributed by atoms with Crippen molar-refractivity contribution in [2.45, 2.75) is 32.6 Å². The third kappa shape index (κ3) is 4.04. The molecule has 3 nitrogen and oxygen atoms in total. The van der Waals surface area contributed by atoms with Gasteiger partial charge in [-0.3, -0.25) is 0 Å². The molecule has 1 aliphatic rings. The van der Waals surface area contributed by atoms with Crippen LogP contribution in [-0.2, 0) is 4.74 Å². The number of methoxy groups -OCH3 is 1. The van der Waals surface area contributed by atoms with Crippen LogP contribution >= 0.6 is 0 Å². The quantitative estimate of drug-likeness (QED) is 0.752. The molecule has 0 atom stereocenters. The van der Waals surface area contributed by atoms with Gasteiger partial charge in [0.1, 0.15) is 0 Å². The van der Waals surface area contributed by atoms with Crippen LogP contribution in [0.3, 0.4) is 0 Å². The van der Waals surface area contributed by atoms with Crippen LogP contribution in [0.1, 0.15) is 32.6 Å². The van der Waals surface area contributed by atoms with E-state index in [9.17, 15) is 0 Å². The highest BCUT2D eigenvalue weighted by atomic mass is 16.5. The molecule has 0 aliphatic heterocycles. The number of ether oxygens (including phenoxy) is 1. The molecular weight excluding hydrogens is 200 g/mol. The Bertz CT molecular complexity index is 188. The van der Waals surface area contributed by atoms with Crippen LogP contribution in [0.15, 0.2) is 0 Å². The van der Waals surface area contributed by atoms with Crippen molar-refractivity contribution in [2.75, 3.05) is 40.4 Å². The second-order valence-corrected chi connectivity index (χ2v) is 5.62. The fraction of sp³-hybridized carbons (Fsp3) is 1.00. The molecule has 1 saturated carbocycles. The van der Waals surface area contributed by atoms with Gasteiger partial charge in [0.2, 0.25) is 0 Å². The molecule has 2 N–H and O–H groups in total. The topological polar surface area (TPSA) is 38.5 Å². The zero-order valence-corrected chi connectivity index (χ0v) is 11.2. The molecule has 0 aromatic rings. The Morgan fingerprint density at radius 1 is 1.38 bits per heavy atom. The summed E-state index contributed by atoms with van der Waals surface area (Å²) in [4.78, 5) is 2.37. The Kier molecular flexibility index (Phi) is 5.73. The van der Waals surface area contributed by atoms with E-state index in [1.807, 2.05) is 0 Å². The fourth-order valence-corrected chi connectivity index (χ4v) is 2.70.